The summed E-state index contributed by atoms with van der Waals surface area (Å²) in [5, 5.41) is 0.625. The first-order valence-electron chi connectivity index (χ1n) is 5.45. The van der Waals surface area contributed by atoms with Crippen molar-refractivity contribution in [2.75, 3.05) is 13.2 Å². The number of ether oxygens (including phenoxy) is 1. The third kappa shape index (κ3) is 3.91. The Kier molecular flexibility index (Phi) is 5.25. The number of carbonyl (C=O) groups is 1. The Balaban J connectivity index is 2.76. The number of halogens is 1. The van der Waals surface area contributed by atoms with E-state index in [9.17, 15) is 4.79 Å². The van der Waals surface area contributed by atoms with Crippen LogP contribution in [0.2, 0.25) is 5.02 Å². The van der Waals surface area contributed by atoms with Crippen molar-refractivity contribution in [1.29, 1.82) is 0 Å². The Morgan fingerprint density at radius 3 is 2.82 bits per heavy atom. The maximum atomic E-state index is 10.9. The number of hydrogen-bond donors (Lipinski definition) is 2. The van der Waals surface area contributed by atoms with Crippen molar-refractivity contribution in [1.82, 2.24) is 0 Å². The van der Waals surface area contributed by atoms with E-state index >= 15 is 0 Å². The average molecular weight is 257 g/mol. The van der Waals surface area contributed by atoms with Crippen LogP contribution in [-0.4, -0.2) is 19.1 Å². The largest absolute Gasteiger partial charge is 0.492 e. The van der Waals surface area contributed by atoms with Crippen LogP contribution in [0.1, 0.15) is 12.5 Å². The van der Waals surface area contributed by atoms with Gasteiger partial charge in [0.1, 0.15) is 5.75 Å². The van der Waals surface area contributed by atoms with Crippen molar-refractivity contribution in [3.63, 3.8) is 0 Å². The van der Waals surface area contributed by atoms with Crippen molar-refractivity contribution < 1.29 is 9.53 Å². The van der Waals surface area contributed by atoms with Crippen LogP contribution in [0.5, 0.6) is 5.75 Å². The number of benzene rings is 1. The van der Waals surface area contributed by atoms with Gasteiger partial charge in [0.25, 0.3) is 0 Å². The summed E-state index contributed by atoms with van der Waals surface area (Å²) in [6.45, 7) is 2.45. The van der Waals surface area contributed by atoms with E-state index in [0.717, 1.165) is 5.56 Å². The van der Waals surface area contributed by atoms with Gasteiger partial charge in [-0.2, -0.15) is 0 Å². The van der Waals surface area contributed by atoms with Gasteiger partial charge in [-0.3, -0.25) is 4.79 Å². The minimum atomic E-state index is -0.382. The Morgan fingerprint density at radius 2 is 2.24 bits per heavy atom. The molecule has 5 heteroatoms. The fraction of sp³-hybridized carbons (Fsp3) is 0.417. The van der Waals surface area contributed by atoms with E-state index < -0.39 is 0 Å². The van der Waals surface area contributed by atoms with E-state index in [2.05, 4.69) is 0 Å². The zero-order chi connectivity index (χ0) is 12.8. The van der Waals surface area contributed by atoms with Gasteiger partial charge < -0.3 is 16.2 Å². The predicted octanol–water partition coefficient (Wildman–Crippen LogP) is 1.34. The molecule has 4 nitrogen and oxygen atoms in total. The summed E-state index contributed by atoms with van der Waals surface area (Å²) in [6.07, 6.45) is 0.639. The summed E-state index contributed by atoms with van der Waals surface area (Å²) in [6, 6.07) is 5.40. The standard InChI is InChI=1S/C12H17ClN2O2/c1-8(12(15)16)7-17-11-4-2-3-10(13)9(11)5-6-14/h2-4,8H,5-7,14H2,1H3,(H2,15,16). The van der Waals surface area contributed by atoms with Gasteiger partial charge in [0.2, 0.25) is 5.91 Å². The highest BCUT2D eigenvalue weighted by molar-refractivity contribution is 6.31. The molecule has 17 heavy (non-hydrogen) atoms. The Hall–Kier alpha value is -1.26. The summed E-state index contributed by atoms with van der Waals surface area (Å²) < 4.78 is 5.55. The normalized spacial score (nSPS) is 12.2. The van der Waals surface area contributed by atoms with Crippen molar-refractivity contribution in [3.05, 3.63) is 28.8 Å². The van der Waals surface area contributed by atoms with Crippen LogP contribution in [-0.2, 0) is 11.2 Å². The maximum Gasteiger partial charge on any atom is 0.223 e. The predicted molar refractivity (Wildman–Crippen MR) is 68.1 cm³/mol. The quantitative estimate of drug-likeness (QED) is 0.806. The van der Waals surface area contributed by atoms with Crippen LogP contribution < -0.4 is 16.2 Å². The van der Waals surface area contributed by atoms with Gasteiger partial charge >= 0.3 is 0 Å². The smallest absolute Gasteiger partial charge is 0.223 e. The maximum absolute atomic E-state index is 10.9. The molecule has 1 atom stereocenters. The summed E-state index contributed by atoms with van der Waals surface area (Å²) in [7, 11) is 0. The van der Waals surface area contributed by atoms with E-state index in [1.54, 1.807) is 19.1 Å². The molecule has 0 saturated carbocycles. The molecule has 1 rings (SSSR count). The third-order valence-corrected chi connectivity index (χ3v) is 2.80. The first-order valence-corrected chi connectivity index (χ1v) is 5.83. The lowest BCUT2D eigenvalue weighted by Crippen LogP contribution is -2.26. The van der Waals surface area contributed by atoms with Crippen LogP contribution in [0.25, 0.3) is 0 Å². The molecule has 1 aromatic rings. The highest BCUT2D eigenvalue weighted by Gasteiger charge is 2.12. The van der Waals surface area contributed by atoms with Crippen LogP contribution in [0.4, 0.5) is 0 Å². The molecule has 0 bridgehead atoms. The van der Waals surface area contributed by atoms with E-state index in [0.29, 0.717) is 23.7 Å². The molecular formula is C12H17ClN2O2. The first-order chi connectivity index (χ1) is 8.06. The second-order valence-corrected chi connectivity index (χ2v) is 4.28. The second-order valence-electron chi connectivity index (χ2n) is 3.87. The van der Waals surface area contributed by atoms with E-state index in [4.69, 9.17) is 27.8 Å². The monoisotopic (exact) mass is 256 g/mol. The summed E-state index contributed by atoms with van der Waals surface area (Å²) in [4.78, 5) is 10.9. The van der Waals surface area contributed by atoms with Crippen molar-refractivity contribution >= 4 is 17.5 Å². The lowest BCUT2D eigenvalue weighted by Gasteiger charge is -2.14. The van der Waals surface area contributed by atoms with Crippen molar-refractivity contribution in [2.24, 2.45) is 17.4 Å². The van der Waals surface area contributed by atoms with Crippen molar-refractivity contribution in [2.45, 2.75) is 13.3 Å². The molecule has 0 fully saturated rings. The summed E-state index contributed by atoms with van der Waals surface area (Å²) in [5.41, 5.74) is 11.5. The number of hydrogen-bond acceptors (Lipinski definition) is 3. The summed E-state index contributed by atoms with van der Waals surface area (Å²) in [5.74, 6) is -0.0526. The zero-order valence-corrected chi connectivity index (χ0v) is 10.5. The van der Waals surface area contributed by atoms with Gasteiger partial charge in [-0.1, -0.05) is 24.6 Å². The second kappa shape index (κ2) is 6.47. The molecule has 0 spiro atoms. The van der Waals surface area contributed by atoms with Gasteiger partial charge in [0.05, 0.1) is 12.5 Å². The van der Waals surface area contributed by atoms with Gasteiger partial charge in [-0.15, -0.1) is 0 Å². The Morgan fingerprint density at radius 1 is 1.53 bits per heavy atom. The fourth-order valence-corrected chi connectivity index (χ4v) is 1.62. The molecule has 94 valence electrons. The topological polar surface area (TPSA) is 78.3 Å². The number of nitrogens with two attached hydrogens (primary N) is 2. The molecule has 1 amide bonds. The minimum Gasteiger partial charge on any atom is -0.492 e. The third-order valence-electron chi connectivity index (χ3n) is 2.44. The Labute approximate surface area is 106 Å². The highest BCUT2D eigenvalue weighted by atomic mass is 35.5. The van der Waals surface area contributed by atoms with Crippen LogP contribution in [0.3, 0.4) is 0 Å². The molecule has 4 N–H and O–H groups in total. The number of primary amides is 1. The SMILES string of the molecule is CC(COc1cccc(Cl)c1CCN)C(N)=O. The average Bonchev–Trinajstić information content (AvgIpc) is 2.29. The number of amides is 1. The van der Waals surface area contributed by atoms with Gasteiger partial charge in [0.15, 0.2) is 0 Å². The molecule has 0 aliphatic carbocycles. The van der Waals surface area contributed by atoms with E-state index in [1.165, 1.54) is 0 Å². The van der Waals surface area contributed by atoms with Crippen LogP contribution in [0, 0.1) is 5.92 Å². The molecule has 1 aromatic carbocycles. The van der Waals surface area contributed by atoms with E-state index in [-0.39, 0.29) is 18.4 Å². The first kappa shape index (κ1) is 13.8. The lowest BCUT2D eigenvalue weighted by molar-refractivity contribution is -0.122. The van der Waals surface area contributed by atoms with Gasteiger partial charge in [-0.05, 0) is 25.1 Å². The van der Waals surface area contributed by atoms with Gasteiger partial charge in [-0.25, -0.2) is 0 Å². The molecule has 0 heterocycles. The summed E-state index contributed by atoms with van der Waals surface area (Å²) >= 11 is 6.06. The zero-order valence-electron chi connectivity index (χ0n) is 9.78. The molecule has 1 unspecified atom stereocenters. The fourth-order valence-electron chi connectivity index (χ4n) is 1.36. The molecule has 0 aliphatic heterocycles. The van der Waals surface area contributed by atoms with Gasteiger partial charge in [0, 0.05) is 10.6 Å². The van der Waals surface area contributed by atoms with Crippen LogP contribution in [0.15, 0.2) is 18.2 Å². The molecular weight excluding hydrogens is 240 g/mol. The molecule has 0 aliphatic rings. The molecule has 0 aromatic heterocycles. The van der Waals surface area contributed by atoms with Crippen molar-refractivity contribution in [3.8, 4) is 5.75 Å². The Bertz CT molecular complexity index is 396. The van der Waals surface area contributed by atoms with Crippen LogP contribution >= 0.6 is 11.6 Å². The molecule has 0 saturated heterocycles. The van der Waals surface area contributed by atoms with E-state index in [1.807, 2.05) is 6.07 Å². The minimum absolute atomic E-state index is 0.243. The highest BCUT2D eigenvalue weighted by Crippen LogP contribution is 2.27. The lowest BCUT2D eigenvalue weighted by atomic mass is 10.1. The number of rotatable bonds is 6. The number of carbonyl (C=O) groups excluding carboxylic acids is 1. The molecule has 0 radical (unpaired) electrons.